The highest BCUT2D eigenvalue weighted by atomic mass is 16.7. The second kappa shape index (κ2) is 6.91. The van der Waals surface area contributed by atoms with Crippen molar-refractivity contribution in [1.29, 1.82) is 0 Å². The molecule has 29 heavy (non-hydrogen) atoms. The van der Waals surface area contributed by atoms with E-state index >= 15 is 0 Å². The van der Waals surface area contributed by atoms with Crippen LogP contribution >= 0.6 is 0 Å². The summed E-state index contributed by atoms with van der Waals surface area (Å²) in [6, 6.07) is 11.8. The van der Waals surface area contributed by atoms with Gasteiger partial charge in [-0.25, -0.2) is 9.36 Å². The molecule has 0 unspecified atom stereocenters. The first-order chi connectivity index (χ1) is 13.7. The van der Waals surface area contributed by atoms with Crippen molar-refractivity contribution < 1.29 is 9.31 Å². The second-order valence-electron chi connectivity index (χ2n) is 8.54. The highest BCUT2D eigenvalue weighted by molar-refractivity contribution is 6.64. The molecule has 3 heterocycles. The fraction of sp³-hybridized carbons (Fsp3) is 0.364. The standard InChI is InChI=1S/C22H25BN4O2/c1-21(2)22(3,4)29-23(28-21)19-14-25-27-12-11-16(13-20(19)27)15-26(6)18-9-7-17(24-5)8-10-18/h7-14H,15H2,1-4,6H3. The number of nitrogens with zero attached hydrogens (tertiary/aromatic N) is 4. The summed E-state index contributed by atoms with van der Waals surface area (Å²) in [5.74, 6) is 0. The van der Waals surface area contributed by atoms with E-state index in [0.717, 1.165) is 28.8 Å². The number of anilines is 1. The van der Waals surface area contributed by atoms with Crippen LogP contribution in [0.25, 0.3) is 10.4 Å². The van der Waals surface area contributed by atoms with E-state index in [-0.39, 0.29) is 11.2 Å². The topological polar surface area (TPSA) is 43.4 Å². The molecule has 0 radical (unpaired) electrons. The molecule has 1 aliphatic heterocycles. The summed E-state index contributed by atoms with van der Waals surface area (Å²) in [7, 11) is 1.61. The average molecular weight is 388 g/mol. The van der Waals surface area contributed by atoms with Gasteiger partial charge in [0.2, 0.25) is 0 Å². The first-order valence-electron chi connectivity index (χ1n) is 9.71. The molecule has 0 saturated carbocycles. The molecule has 7 heteroatoms. The third kappa shape index (κ3) is 3.50. The van der Waals surface area contributed by atoms with Gasteiger partial charge in [0.05, 0.1) is 23.3 Å². The van der Waals surface area contributed by atoms with Gasteiger partial charge in [-0.2, -0.15) is 5.10 Å². The lowest BCUT2D eigenvalue weighted by Crippen LogP contribution is -2.41. The Morgan fingerprint density at radius 3 is 2.38 bits per heavy atom. The Bertz CT molecular complexity index is 1070. The van der Waals surface area contributed by atoms with Crippen LogP contribution in [-0.2, 0) is 15.9 Å². The van der Waals surface area contributed by atoms with Gasteiger partial charge in [0.1, 0.15) is 0 Å². The fourth-order valence-electron chi connectivity index (χ4n) is 3.44. The lowest BCUT2D eigenvalue weighted by Gasteiger charge is -2.32. The predicted molar refractivity (Wildman–Crippen MR) is 116 cm³/mol. The maximum atomic E-state index is 7.09. The Morgan fingerprint density at radius 1 is 1.10 bits per heavy atom. The van der Waals surface area contributed by atoms with Crippen molar-refractivity contribution in [3.05, 3.63) is 65.8 Å². The molecule has 0 bridgehead atoms. The van der Waals surface area contributed by atoms with E-state index < -0.39 is 7.12 Å². The van der Waals surface area contributed by atoms with Gasteiger partial charge in [0.25, 0.3) is 0 Å². The molecule has 1 fully saturated rings. The van der Waals surface area contributed by atoms with E-state index in [1.807, 2.05) is 48.2 Å². The molecule has 148 valence electrons. The number of pyridine rings is 1. The Balaban J connectivity index is 1.59. The quantitative estimate of drug-likeness (QED) is 0.504. The Kier molecular flexibility index (Phi) is 4.64. The predicted octanol–water partition coefficient (Wildman–Crippen LogP) is 3.82. The number of fused-ring (bicyclic) bond motifs is 1. The Morgan fingerprint density at radius 2 is 1.76 bits per heavy atom. The van der Waals surface area contributed by atoms with Gasteiger partial charge < -0.3 is 14.2 Å². The second-order valence-corrected chi connectivity index (χ2v) is 8.54. The lowest BCUT2D eigenvalue weighted by molar-refractivity contribution is 0.00578. The van der Waals surface area contributed by atoms with E-state index in [1.165, 1.54) is 0 Å². The smallest absolute Gasteiger partial charge is 0.399 e. The summed E-state index contributed by atoms with van der Waals surface area (Å²) in [6.07, 6.45) is 3.80. The van der Waals surface area contributed by atoms with E-state index in [1.54, 1.807) is 0 Å². The SMILES string of the molecule is [C-]#[N+]c1ccc(N(C)Cc2ccn3ncc(B4OC(C)(C)C(C)(C)O4)c3c2)cc1. The monoisotopic (exact) mass is 388 g/mol. The molecule has 0 spiro atoms. The normalized spacial score (nSPS) is 17.4. The highest BCUT2D eigenvalue weighted by Gasteiger charge is 2.52. The highest BCUT2D eigenvalue weighted by Crippen LogP contribution is 2.36. The summed E-state index contributed by atoms with van der Waals surface area (Å²) in [6.45, 7) is 16.0. The van der Waals surface area contributed by atoms with Crippen LogP contribution in [0.2, 0.25) is 0 Å². The molecule has 1 saturated heterocycles. The minimum atomic E-state index is -0.438. The molecule has 6 nitrogen and oxygen atoms in total. The number of hydrogen-bond acceptors (Lipinski definition) is 4. The molecule has 1 aromatic carbocycles. The molecular weight excluding hydrogens is 363 g/mol. The molecule has 2 aromatic heterocycles. The summed E-state index contributed by atoms with van der Waals surface area (Å²) >= 11 is 0. The molecule has 0 amide bonds. The van der Waals surface area contributed by atoms with Gasteiger partial charge in [-0.15, -0.1) is 0 Å². The van der Waals surface area contributed by atoms with Crippen molar-refractivity contribution >= 4 is 29.5 Å². The molecule has 0 aliphatic carbocycles. The average Bonchev–Trinajstić information content (AvgIpc) is 3.19. The van der Waals surface area contributed by atoms with Crippen LogP contribution in [0.1, 0.15) is 33.3 Å². The van der Waals surface area contributed by atoms with Crippen molar-refractivity contribution in [2.24, 2.45) is 0 Å². The minimum Gasteiger partial charge on any atom is -0.399 e. The van der Waals surface area contributed by atoms with Crippen LogP contribution in [0.15, 0.2) is 48.8 Å². The first-order valence-corrected chi connectivity index (χ1v) is 9.71. The van der Waals surface area contributed by atoms with E-state index in [4.69, 9.17) is 15.9 Å². The minimum absolute atomic E-state index is 0.388. The van der Waals surface area contributed by atoms with Crippen molar-refractivity contribution in [1.82, 2.24) is 9.61 Å². The van der Waals surface area contributed by atoms with E-state index in [9.17, 15) is 0 Å². The van der Waals surface area contributed by atoms with Gasteiger partial charge in [-0.3, -0.25) is 0 Å². The fourth-order valence-corrected chi connectivity index (χ4v) is 3.44. The Labute approximate surface area is 172 Å². The zero-order valence-corrected chi connectivity index (χ0v) is 17.5. The largest absolute Gasteiger partial charge is 0.498 e. The maximum Gasteiger partial charge on any atom is 0.498 e. The number of hydrogen-bond donors (Lipinski definition) is 0. The van der Waals surface area contributed by atoms with Crippen LogP contribution < -0.4 is 10.4 Å². The van der Waals surface area contributed by atoms with Crippen LogP contribution in [0, 0.1) is 6.57 Å². The number of rotatable bonds is 4. The molecule has 1 aliphatic rings. The van der Waals surface area contributed by atoms with E-state index in [2.05, 4.69) is 54.7 Å². The first kappa shape index (κ1) is 19.5. The maximum absolute atomic E-state index is 7.09. The lowest BCUT2D eigenvalue weighted by atomic mass is 9.80. The molecule has 4 rings (SSSR count). The summed E-state index contributed by atoms with van der Waals surface area (Å²) in [5.41, 5.74) is 4.02. The number of benzene rings is 1. The summed E-state index contributed by atoms with van der Waals surface area (Å²) in [5, 5.41) is 4.47. The summed E-state index contributed by atoms with van der Waals surface area (Å²) < 4.78 is 14.3. The van der Waals surface area contributed by atoms with Crippen LogP contribution in [0.3, 0.4) is 0 Å². The molecule has 0 atom stereocenters. The number of aromatic nitrogens is 2. The van der Waals surface area contributed by atoms with Crippen LogP contribution in [0.4, 0.5) is 11.4 Å². The molecule has 0 N–H and O–H groups in total. The third-order valence-electron chi connectivity index (χ3n) is 5.96. The van der Waals surface area contributed by atoms with Gasteiger partial charge in [0, 0.05) is 37.1 Å². The van der Waals surface area contributed by atoms with Crippen molar-refractivity contribution in [2.45, 2.75) is 45.4 Å². The van der Waals surface area contributed by atoms with Crippen molar-refractivity contribution in [2.75, 3.05) is 11.9 Å². The molecular formula is C22H25BN4O2. The zero-order valence-electron chi connectivity index (χ0n) is 17.5. The Hall–Kier alpha value is -2.82. The van der Waals surface area contributed by atoms with E-state index in [0.29, 0.717) is 5.69 Å². The molecule has 3 aromatic rings. The van der Waals surface area contributed by atoms with Crippen molar-refractivity contribution in [3.8, 4) is 0 Å². The van der Waals surface area contributed by atoms with Crippen LogP contribution in [0.5, 0.6) is 0 Å². The zero-order chi connectivity index (χ0) is 20.8. The van der Waals surface area contributed by atoms with Gasteiger partial charge in [-0.05, 0) is 57.5 Å². The van der Waals surface area contributed by atoms with Crippen molar-refractivity contribution in [3.63, 3.8) is 0 Å². The third-order valence-corrected chi connectivity index (χ3v) is 5.96. The van der Waals surface area contributed by atoms with Crippen LogP contribution in [-0.4, -0.2) is 35.0 Å². The van der Waals surface area contributed by atoms with Gasteiger partial charge >= 0.3 is 7.12 Å². The van der Waals surface area contributed by atoms with Gasteiger partial charge in [0.15, 0.2) is 5.69 Å². The summed E-state index contributed by atoms with van der Waals surface area (Å²) in [4.78, 5) is 5.61. The van der Waals surface area contributed by atoms with Gasteiger partial charge in [-0.1, -0.05) is 12.1 Å².